The van der Waals surface area contributed by atoms with Crippen molar-refractivity contribution in [2.24, 2.45) is 5.73 Å². The molecule has 0 saturated carbocycles. The number of imidazole rings is 1. The maximum Gasteiger partial charge on any atom is 0.320 e. The van der Waals surface area contributed by atoms with Gasteiger partial charge in [0.2, 0.25) is 0 Å². The number of aliphatic carboxylic acids is 1. The average Bonchev–Trinajstić information content (AvgIpc) is 2.30. The van der Waals surface area contributed by atoms with Gasteiger partial charge in [0.15, 0.2) is 3.83 Å². The van der Waals surface area contributed by atoms with Crippen LogP contribution < -0.4 is 5.73 Å². The summed E-state index contributed by atoms with van der Waals surface area (Å²) in [6.07, 6.45) is 0.281. The lowest BCUT2D eigenvalue weighted by molar-refractivity contribution is -0.138. The van der Waals surface area contributed by atoms with Crippen molar-refractivity contribution < 1.29 is 9.90 Å². The first kappa shape index (κ1) is 11.2. The molecule has 0 radical (unpaired) electrons. The number of nitrogens with zero attached hydrogens (tertiary/aromatic N) is 1. The summed E-state index contributed by atoms with van der Waals surface area (Å²) in [6.45, 7) is 0. The highest BCUT2D eigenvalue weighted by molar-refractivity contribution is 14.1. The summed E-state index contributed by atoms with van der Waals surface area (Å²) in [4.78, 5) is 17.5. The van der Waals surface area contributed by atoms with Crippen molar-refractivity contribution in [1.29, 1.82) is 0 Å². The number of aromatic amines is 1. The van der Waals surface area contributed by atoms with Crippen LogP contribution in [-0.2, 0) is 11.2 Å². The Kier molecular flexibility index (Phi) is 3.91. The van der Waals surface area contributed by atoms with E-state index in [1.54, 1.807) is 0 Å². The first-order valence-electron chi connectivity index (χ1n) is 3.39. The van der Waals surface area contributed by atoms with Gasteiger partial charge in [-0.15, -0.1) is 0 Å². The lowest BCUT2D eigenvalue weighted by atomic mass is 10.2. The van der Waals surface area contributed by atoms with Crippen molar-refractivity contribution in [3.05, 3.63) is 13.2 Å². The number of nitrogens with one attached hydrogen (secondary N) is 1. The summed E-state index contributed by atoms with van der Waals surface area (Å²) in [7, 11) is 0. The molecule has 1 heterocycles. The van der Waals surface area contributed by atoms with Crippen molar-refractivity contribution in [3.63, 3.8) is 0 Å². The van der Waals surface area contributed by atoms with Crippen LogP contribution in [0.25, 0.3) is 0 Å². The van der Waals surface area contributed by atoms with Crippen LogP contribution in [0.2, 0.25) is 0 Å². The Hall–Kier alpha value is 0.1000. The van der Waals surface area contributed by atoms with Crippen LogP contribution in [0, 0.1) is 7.53 Å². The van der Waals surface area contributed by atoms with Gasteiger partial charge in [-0.25, -0.2) is 4.98 Å². The third-order valence-corrected chi connectivity index (χ3v) is 2.84. The normalized spacial score (nSPS) is 12.8. The Morgan fingerprint density at radius 1 is 1.69 bits per heavy atom. The molecule has 1 aromatic rings. The SMILES string of the molecule is NC(Cc1[nH]c(I)nc1I)C(=O)O. The molecule has 0 aliphatic carbocycles. The summed E-state index contributed by atoms with van der Waals surface area (Å²) in [5.74, 6) is -1.000. The van der Waals surface area contributed by atoms with Crippen molar-refractivity contribution in [2.45, 2.75) is 12.5 Å². The minimum atomic E-state index is -1.000. The summed E-state index contributed by atoms with van der Waals surface area (Å²) in [6, 6.07) is -0.871. The molecule has 0 amide bonds. The molecule has 1 rings (SSSR count). The number of hydrogen-bond acceptors (Lipinski definition) is 3. The zero-order valence-corrected chi connectivity index (χ0v) is 10.7. The minimum Gasteiger partial charge on any atom is -0.480 e. The zero-order chi connectivity index (χ0) is 10.0. The third kappa shape index (κ3) is 3.06. The fourth-order valence-corrected chi connectivity index (χ4v) is 2.42. The van der Waals surface area contributed by atoms with Gasteiger partial charge >= 0.3 is 5.97 Å². The molecule has 0 saturated heterocycles. The van der Waals surface area contributed by atoms with Gasteiger partial charge in [-0.2, -0.15) is 0 Å². The Morgan fingerprint density at radius 2 is 2.31 bits per heavy atom. The van der Waals surface area contributed by atoms with E-state index in [0.717, 1.165) is 13.2 Å². The highest BCUT2D eigenvalue weighted by Crippen LogP contribution is 2.12. The molecule has 4 N–H and O–H groups in total. The second-order valence-electron chi connectivity index (χ2n) is 2.45. The summed E-state index contributed by atoms with van der Waals surface area (Å²) in [5, 5.41) is 8.58. The van der Waals surface area contributed by atoms with E-state index in [-0.39, 0.29) is 6.42 Å². The number of nitrogens with two attached hydrogens (primary N) is 1. The largest absolute Gasteiger partial charge is 0.480 e. The maximum atomic E-state index is 10.5. The van der Waals surface area contributed by atoms with Crippen LogP contribution in [-0.4, -0.2) is 27.1 Å². The summed E-state index contributed by atoms with van der Waals surface area (Å²) < 4.78 is 1.52. The smallest absolute Gasteiger partial charge is 0.320 e. The van der Waals surface area contributed by atoms with Crippen LogP contribution in [0.4, 0.5) is 0 Å². The second kappa shape index (κ2) is 4.55. The lowest BCUT2D eigenvalue weighted by Gasteiger charge is -2.03. The molecule has 72 valence electrons. The van der Waals surface area contributed by atoms with Gasteiger partial charge in [0, 0.05) is 6.42 Å². The predicted octanol–water partition coefficient (Wildman–Crippen LogP) is 0.573. The molecule has 1 unspecified atom stereocenters. The molecule has 1 atom stereocenters. The number of H-pyrrole nitrogens is 1. The highest BCUT2D eigenvalue weighted by Gasteiger charge is 2.15. The van der Waals surface area contributed by atoms with Crippen LogP contribution in [0.15, 0.2) is 0 Å². The highest BCUT2D eigenvalue weighted by atomic mass is 127. The first-order chi connectivity index (χ1) is 6.00. The fraction of sp³-hybridized carbons (Fsp3) is 0.333. The van der Waals surface area contributed by atoms with Gasteiger partial charge in [0.05, 0.1) is 5.69 Å². The number of halogens is 2. The van der Waals surface area contributed by atoms with Crippen LogP contribution in [0.3, 0.4) is 0 Å². The van der Waals surface area contributed by atoms with E-state index in [2.05, 4.69) is 9.97 Å². The van der Waals surface area contributed by atoms with Crippen molar-refractivity contribution in [1.82, 2.24) is 9.97 Å². The lowest BCUT2D eigenvalue weighted by Crippen LogP contribution is -2.32. The van der Waals surface area contributed by atoms with Gasteiger partial charge in [0.25, 0.3) is 0 Å². The van der Waals surface area contributed by atoms with Gasteiger partial charge < -0.3 is 15.8 Å². The van der Waals surface area contributed by atoms with E-state index in [0.29, 0.717) is 0 Å². The van der Waals surface area contributed by atoms with E-state index in [1.165, 1.54) is 0 Å². The molecule has 0 aliphatic rings. The Balaban J connectivity index is 2.74. The number of hydrogen-bond donors (Lipinski definition) is 3. The van der Waals surface area contributed by atoms with E-state index < -0.39 is 12.0 Å². The topological polar surface area (TPSA) is 92.0 Å². The van der Waals surface area contributed by atoms with Crippen LogP contribution in [0.5, 0.6) is 0 Å². The fourth-order valence-electron chi connectivity index (χ4n) is 0.800. The zero-order valence-electron chi connectivity index (χ0n) is 6.42. The number of rotatable bonds is 3. The van der Waals surface area contributed by atoms with Crippen molar-refractivity contribution >= 4 is 51.2 Å². The molecule has 7 heteroatoms. The molecular weight excluding hydrogens is 400 g/mol. The molecule has 13 heavy (non-hydrogen) atoms. The molecule has 0 aromatic carbocycles. The predicted molar refractivity (Wildman–Crippen MR) is 63.3 cm³/mol. The number of aromatic nitrogens is 2. The third-order valence-electron chi connectivity index (χ3n) is 1.44. The second-order valence-corrected chi connectivity index (χ2v) is 4.49. The van der Waals surface area contributed by atoms with Crippen molar-refractivity contribution in [2.75, 3.05) is 0 Å². The Morgan fingerprint density at radius 3 is 2.69 bits per heavy atom. The van der Waals surface area contributed by atoms with Gasteiger partial charge in [0.1, 0.15) is 9.74 Å². The van der Waals surface area contributed by atoms with Gasteiger partial charge in [-0.05, 0) is 45.2 Å². The van der Waals surface area contributed by atoms with E-state index in [9.17, 15) is 4.79 Å². The summed E-state index contributed by atoms with van der Waals surface area (Å²) in [5.41, 5.74) is 6.15. The van der Waals surface area contributed by atoms with Crippen LogP contribution in [0.1, 0.15) is 5.69 Å². The Labute approximate surface area is 102 Å². The molecule has 0 aliphatic heterocycles. The molecular formula is C6H7I2N3O2. The Bertz CT molecular complexity index is 326. The molecule has 0 spiro atoms. The minimum absolute atomic E-state index is 0.281. The van der Waals surface area contributed by atoms with Gasteiger partial charge in [-0.3, -0.25) is 4.79 Å². The van der Waals surface area contributed by atoms with E-state index in [1.807, 2.05) is 45.2 Å². The molecule has 5 nitrogen and oxygen atoms in total. The molecule has 1 aromatic heterocycles. The van der Waals surface area contributed by atoms with E-state index in [4.69, 9.17) is 10.8 Å². The molecule has 0 fully saturated rings. The summed E-state index contributed by atoms with van der Waals surface area (Å²) >= 11 is 4.07. The van der Waals surface area contributed by atoms with E-state index >= 15 is 0 Å². The van der Waals surface area contributed by atoms with Crippen LogP contribution >= 0.6 is 45.2 Å². The standard InChI is InChI=1S/C6H7I2N3O2/c7-4-3(10-6(8)11-4)1-2(9)5(12)13/h2H,1,9H2,(H,10,11)(H,12,13). The quantitative estimate of drug-likeness (QED) is 0.640. The number of carbonyl (C=O) groups is 1. The monoisotopic (exact) mass is 407 g/mol. The number of carboxylic acids is 1. The van der Waals surface area contributed by atoms with Gasteiger partial charge in [-0.1, -0.05) is 0 Å². The first-order valence-corrected chi connectivity index (χ1v) is 5.54. The van der Waals surface area contributed by atoms with Crippen molar-refractivity contribution in [3.8, 4) is 0 Å². The molecule has 0 bridgehead atoms. The average molecular weight is 407 g/mol. The number of carboxylic acid groups (broad SMARTS) is 1. The maximum absolute atomic E-state index is 10.5.